The lowest BCUT2D eigenvalue weighted by molar-refractivity contribution is 0.768. The molecule has 0 bridgehead atoms. The van der Waals surface area contributed by atoms with Gasteiger partial charge in [0.1, 0.15) is 10.6 Å². The highest BCUT2D eigenvalue weighted by Crippen LogP contribution is 2.30. The molecule has 3 aromatic heterocycles. The third-order valence-electron chi connectivity index (χ3n) is 3.02. The van der Waals surface area contributed by atoms with Crippen LogP contribution in [0.15, 0.2) is 18.5 Å². The van der Waals surface area contributed by atoms with Crippen LogP contribution >= 0.6 is 11.3 Å². The summed E-state index contributed by atoms with van der Waals surface area (Å²) in [5, 5.41) is 8.69. The van der Waals surface area contributed by atoms with Gasteiger partial charge in [-0.15, -0.1) is 11.3 Å². The van der Waals surface area contributed by atoms with Crippen LogP contribution in [-0.2, 0) is 7.05 Å². The summed E-state index contributed by atoms with van der Waals surface area (Å²) in [6, 6.07) is 2.14. The zero-order valence-electron chi connectivity index (χ0n) is 11.8. The van der Waals surface area contributed by atoms with Gasteiger partial charge in [0.15, 0.2) is 5.82 Å². The van der Waals surface area contributed by atoms with Gasteiger partial charge in [0.2, 0.25) is 0 Å². The van der Waals surface area contributed by atoms with Crippen molar-refractivity contribution in [3.8, 4) is 11.4 Å². The predicted octanol–water partition coefficient (Wildman–Crippen LogP) is 3.22. The van der Waals surface area contributed by atoms with E-state index in [1.807, 2.05) is 13.2 Å². The van der Waals surface area contributed by atoms with Crippen molar-refractivity contribution in [2.75, 3.05) is 11.9 Å². The highest BCUT2D eigenvalue weighted by atomic mass is 32.1. The molecule has 0 unspecified atom stereocenters. The van der Waals surface area contributed by atoms with Gasteiger partial charge in [-0.3, -0.25) is 4.68 Å². The molecule has 0 aliphatic carbocycles. The van der Waals surface area contributed by atoms with E-state index in [9.17, 15) is 0 Å². The first-order valence-electron chi connectivity index (χ1n) is 6.68. The summed E-state index contributed by atoms with van der Waals surface area (Å²) in [5.74, 6) is 1.64. The predicted molar refractivity (Wildman–Crippen MR) is 83.1 cm³/mol. The monoisotopic (exact) mass is 287 g/mol. The summed E-state index contributed by atoms with van der Waals surface area (Å²) in [6.45, 7) is 5.15. The van der Waals surface area contributed by atoms with Gasteiger partial charge < -0.3 is 5.32 Å². The first-order chi connectivity index (χ1) is 9.67. The number of hydrogen-bond acceptors (Lipinski definition) is 5. The van der Waals surface area contributed by atoms with Crippen LogP contribution in [0.2, 0.25) is 0 Å². The minimum absolute atomic E-state index is 0.728. The molecule has 1 N–H and O–H groups in total. The molecule has 0 aliphatic rings. The molecule has 3 rings (SSSR count). The highest BCUT2D eigenvalue weighted by Gasteiger charge is 2.12. The number of hydrogen-bond donors (Lipinski definition) is 1. The number of nitrogens with zero attached hydrogens (tertiary/aromatic N) is 4. The van der Waals surface area contributed by atoms with Gasteiger partial charge >= 0.3 is 0 Å². The standard InChI is InChI=1S/C14H17N5S/c1-4-5-15-13-11-6-9(2)20-14(11)18-12(17-13)10-7-16-19(3)8-10/h6-8H,4-5H2,1-3H3,(H,15,17,18). The van der Waals surface area contributed by atoms with Crippen molar-refractivity contribution in [1.82, 2.24) is 19.7 Å². The Labute approximate surface area is 121 Å². The van der Waals surface area contributed by atoms with E-state index in [1.165, 1.54) is 4.88 Å². The van der Waals surface area contributed by atoms with Gasteiger partial charge in [0, 0.05) is 24.7 Å². The lowest BCUT2D eigenvalue weighted by Crippen LogP contribution is -2.03. The maximum atomic E-state index is 4.67. The van der Waals surface area contributed by atoms with Gasteiger partial charge in [-0.1, -0.05) is 6.92 Å². The minimum atomic E-state index is 0.728. The number of thiophene rings is 1. The van der Waals surface area contributed by atoms with E-state index in [-0.39, 0.29) is 0 Å². The second-order valence-corrected chi connectivity index (χ2v) is 6.04. The molecule has 0 saturated carbocycles. The Morgan fingerprint density at radius 3 is 2.90 bits per heavy atom. The van der Waals surface area contributed by atoms with Gasteiger partial charge in [0.25, 0.3) is 0 Å². The van der Waals surface area contributed by atoms with Crippen LogP contribution in [-0.4, -0.2) is 26.3 Å². The molecule has 0 aliphatic heterocycles. The number of nitrogens with one attached hydrogen (secondary N) is 1. The van der Waals surface area contributed by atoms with Crippen molar-refractivity contribution in [3.05, 3.63) is 23.3 Å². The van der Waals surface area contributed by atoms with Crippen LogP contribution in [0.25, 0.3) is 21.6 Å². The molecular formula is C14H17N5S. The van der Waals surface area contributed by atoms with Gasteiger partial charge in [-0.25, -0.2) is 9.97 Å². The summed E-state index contributed by atoms with van der Waals surface area (Å²) in [4.78, 5) is 11.6. The molecule has 20 heavy (non-hydrogen) atoms. The topological polar surface area (TPSA) is 55.6 Å². The van der Waals surface area contributed by atoms with Crippen LogP contribution < -0.4 is 5.32 Å². The van der Waals surface area contributed by atoms with E-state index in [0.717, 1.165) is 40.4 Å². The molecular weight excluding hydrogens is 270 g/mol. The molecule has 3 aromatic rings. The number of anilines is 1. The van der Waals surface area contributed by atoms with Crippen LogP contribution in [0.5, 0.6) is 0 Å². The molecule has 0 radical (unpaired) electrons. The van der Waals surface area contributed by atoms with Gasteiger partial charge in [-0.2, -0.15) is 5.10 Å². The Kier molecular flexibility index (Phi) is 3.40. The molecule has 6 heteroatoms. The van der Waals surface area contributed by atoms with Crippen molar-refractivity contribution >= 4 is 27.4 Å². The first kappa shape index (κ1) is 13.1. The number of aromatic nitrogens is 4. The average molecular weight is 287 g/mol. The normalized spacial score (nSPS) is 11.2. The van der Waals surface area contributed by atoms with E-state index in [0.29, 0.717) is 0 Å². The lowest BCUT2D eigenvalue weighted by Gasteiger charge is -2.06. The van der Waals surface area contributed by atoms with Crippen LogP contribution in [0.1, 0.15) is 18.2 Å². The Hall–Kier alpha value is -1.95. The first-order valence-corrected chi connectivity index (χ1v) is 7.50. The zero-order valence-corrected chi connectivity index (χ0v) is 12.7. The van der Waals surface area contributed by atoms with Crippen LogP contribution in [0, 0.1) is 6.92 Å². The summed E-state index contributed by atoms with van der Waals surface area (Å²) in [7, 11) is 1.90. The van der Waals surface area contributed by atoms with E-state index >= 15 is 0 Å². The Bertz CT molecular complexity index is 743. The van der Waals surface area contributed by atoms with Crippen molar-refractivity contribution in [2.24, 2.45) is 7.05 Å². The number of aryl methyl sites for hydroxylation is 2. The second-order valence-electron chi connectivity index (χ2n) is 4.80. The van der Waals surface area contributed by atoms with Crippen LogP contribution in [0.4, 0.5) is 5.82 Å². The van der Waals surface area contributed by atoms with Crippen LogP contribution in [0.3, 0.4) is 0 Å². The Morgan fingerprint density at radius 2 is 2.20 bits per heavy atom. The van der Waals surface area contributed by atoms with Gasteiger partial charge in [-0.05, 0) is 19.4 Å². The maximum Gasteiger partial charge on any atom is 0.166 e. The SMILES string of the molecule is CCCNc1nc(-c2cnn(C)c2)nc2sc(C)cc12. The molecule has 3 heterocycles. The van der Waals surface area contributed by atoms with Crippen molar-refractivity contribution in [3.63, 3.8) is 0 Å². The van der Waals surface area contributed by atoms with Gasteiger partial charge in [0.05, 0.1) is 17.1 Å². The molecule has 0 fully saturated rings. The molecule has 0 saturated heterocycles. The van der Waals surface area contributed by atoms with Crippen molar-refractivity contribution in [2.45, 2.75) is 20.3 Å². The number of rotatable bonds is 4. The largest absolute Gasteiger partial charge is 0.369 e. The Morgan fingerprint density at radius 1 is 1.35 bits per heavy atom. The van der Waals surface area contributed by atoms with Crippen molar-refractivity contribution in [1.29, 1.82) is 0 Å². The third kappa shape index (κ3) is 2.38. The average Bonchev–Trinajstić information content (AvgIpc) is 3.00. The quantitative estimate of drug-likeness (QED) is 0.800. The summed E-state index contributed by atoms with van der Waals surface area (Å²) >= 11 is 1.70. The third-order valence-corrected chi connectivity index (χ3v) is 3.97. The molecule has 104 valence electrons. The summed E-state index contributed by atoms with van der Waals surface area (Å²) < 4.78 is 1.77. The fourth-order valence-corrected chi connectivity index (χ4v) is 2.97. The molecule has 0 atom stereocenters. The highest BCUT2D eigenvalue weighted by molar-refractivity contribution is 7.18. The molecule has 0 spiro atoms. The summed E-state index contributed by atoms with van der Waals surface area (Å²) in [6.07, 6.45) is 4.80. The smallest absolute Gasteiger partial charge is 0.166 e. The van der Waals surface area contributed by atoms with E-state index in [1.54, 1.807) is 22.2 Å². The Balaban J connectivity index is 2.13. The lowest BCUT2D eigenvalue weighted by atomic mass is 10.3. The van der Waals surface area contributed by atoms with E-state index < -0.39 is 0 Å². The number of fused-ring (bicyclic) bond motifs is 1. The molecule has 5 nitrogen and oxygen atoms in total. The van der Waals surface area contributed by atoms with E-state index in [4.69, 9.17) is 0 Å². The minimum Gasteiger partial charge on any atom is -0.369 e. The molecule has 0 amide bonds. The maximum absolute atomic E-state index is 4.67. The second kappa shape index (κ2) is 5.20. The van der Waals surface area contributed by atoms with E-state index in [2.05, 4.69) is 40.3 Å². The zero-order chi connectivity index (χ0) is 14.1. The fraction of sp³-hybridized carbons (Fsp3) is 0.357. The summed E-state index contributed by atoms with van der Waals surface area (Å²) in [5.41, 5.74) is 0.944. The fourth-order valence-electron chi connectivity index (χ4n) is 2.09. The molecule has 0 aromatic carbocycles. The van der Waals surface area contributed by atoms with Crippen molar-refractivity contribution < 1.29 is 0 Å².